The average molecular weight is 461 g/mol. The van der Waals surface area contributed by atoms with Gasteiger partial charge in [0.25, 0.3) is 0 Å². The smallest absolute Gasteiger partial charge is 0.158 e. The Balaban J connectivity index is 1.26. The van der Waals surface area contributed by atoms with Gasteiger partial charge in [0.05, 0.1) is 18.8 Å². The second-order valence-corrected chi connectivity index (χ2v) is 10.7. The van der Waals surface area contributed by atoms with Crippen molar-refractivity contribution in [1.29, 1.82) is 0 Å². The molecular formula is C28H44O5. The molecule has 0 aromatic heterocycles. The Hall–Kier alpha value is -0.720. The highest BCUT2D eigenvalue weighted by Gasteiger charge is 2.48. The number of unbranched alkanes of at least 4 members (excludes halogenated alkanes) is 2. The van der Waals surface area contributed by atoms with E-state index in [1.165, 1.54) is 37.7 Å². The van der Waals surface area contributed by atoms with Crippen LogP contribution in [-0.4, -0.2) is 50.7 Å². The zero-order chi connectivity index (χ0) is 22.5. The van der Waals surface area contributed by atoms with Crippen LogP contribution in [0.15, 0.2) is 23.8 Å². The zero-order valence-electron chi connectivity index (χ0n) is 20.5. The molecule has 3 unspecified atom stereocenters. The predicted molar refractivity (Wildman–Crippen MR) is 128 cm³/mol. The highest BCUT2D eigenvalue weighted by atomic mass is 16.7. The van der Waals surface area contributed by atoms with Gasteiger partial charge in [-0.2, -0.15) is 0 Å². The second-order valence-electron chi connectivity index (χ2n) is 10.7. The number of rotatable bonds is 11. The Morgan fingerprint density at radius 1 is 1.03 bits per heavy atom. The van der Waals surface area contributed by atoms with Crippen molar-refractivity contribution in [3.63, 3.8) is 0 Å². The van der Waals surface area contributed by atoms with Crippen molar-refractivity contribution in [2.45, 2.75) is 115 Å². The standard InChI is InChI=1S/C28H44O5/c1-2-3-4-9-22(32-27-10-5-7-14-29-27)12-13-23-24-17-21(26-19-31-26)16-20(24)18-25(23)33-28-11-6-8-15-30-28/h12-13,16,20,22-28H,2-11,14-15,17-19H2,1H3/b13-12+/t20-,22-,23+,24-,25+,26?,27?,28?/m0/s1. The van der Waals surface area contributed by atoms with Crippen molar-refractivity contribution < 1.29 is 23.7 Å². The summed E-state index contributed by atoms with van der Waals surface area (Å²) >= 11 is 0. The third kappa shape index (κ3) is 6.49. The van der Waals surface area contributed by atoms with Gasteiger partial charge in [0.1, 0.15) is 6.10 Å². The molecule has 0 radical (unpaired) electrons. The molecule has 0 aromatic rings. The van der Waals surface area contributed by atoms with Crippen LogP contribution >= 0.6 is 0 Å². The molecule has 3 saturated heterocycles. The molecule has 5 rings (SSSR count). The number of epoxide rings is 1. The largest absolute Gasteiger partial charge is 0.368 e. The normalized spacial score (nSPS) is 39.5. The van der Waals surface area contributed by atoms with Crippen molar-refractivity contribution in [2.75, 3.05) is 19.8 Å². The molecule has 5 heteroatoms. The van der Waals surface area contributed by atoms with Gasteiger partial charge in [-0.25, -0.2) is 0 Å². The molecule has 33 heavy (non-hydrogen) atoms. The summed E-state index contributed by atoms with van der Waals surface area (Å²) in [6.45, 7) is 4.84. The van der Waals surface area contributed by atoms with E-state index < -0.39 is 0 Å². The number of ether oxygens (including phenoxy) is 5. The van der Waals surface area contributed by atoms with E-state index >= 15 is 0 Å². The quantitative estimate of drug-likeness (QED) is 0.217. The van der Waals surface area contributed by atoms with Gasteiger partial charge in [0.2, 0.25) is 0 Å². The van der Waals surface area contributed by atoms with E-state index in [1.807, 2.05) is 0 Å². The van der Waals surface area contributed by atoms with Crippen LogP contribution in [0, 0.1) is 17.8 Å². The third-order valence-electron chi connectivity index (χ3n) is 8.19. The fourth-order valence-electron chi connectivity index (χ4n) is 6.25. The summed E-state index contributed by atoms with van der Waals surface area (Å²) in [4.78, 5) is 0. The van der Waals surface area contributed by atoms with E-state index in [0.29, 0.717) is 23.9 Å². The summed E-state index contributed by atoms with van der Waals surface area (Å²) in [6, 6.07) is 0. The molecule has 0 N–H and O–H groups in total. The highest BCUT2D eigenvalue weighted by Crippen LogP contribution is 2.51. The minimum Gasteiger partial charge on any atom is -0.368 e. The van der Waals surface area contributed by atoms with Gasteiger partial charge in [-0.15, -0.1) is 0 Å². The summed E-state index contributed by atoms with van der Waals surface area (Å²) in [5, 5.41) is 0. The second kappa shape index (κ2) is 11.8. The summed E-state index contributed by atoms with van der Waals surface area (Å²) < 4.78 is 30.5. The van der Waals surface area contributed by atoms with Crippen molar-refractivity contribution in [3.05, 3.63) is 23.8 Å². The minimum absolute atomic E-state index is 0.0269. The lowest BCUT2D eigenvalue weighted by atomic mass is 9.88. The third-order valence-corrected chi connectivity index (χ3v) is 8.19. The topological polar surface area (TPSA) is 49.5 Å². The van der Waals surface area contributed by atoms with E-state index in [2.05, 4.69) is 25.2 Å². The minimum atomic E-state index is -0.0409. The molecule has 0 bridgehead atoms. The summed E-state index contributed by atoms with van der Waals surface area (Å²) in [5.74, 6) is 1.64. The van der Waals surface area contributed by atoms with Gasteiger partial charge in [0, 0.05) is 19.1 Å². The lowest BCUT2D eigenvalue weighted by Gasteiger charge is -2.30. The van der Waals surface area contributed by atoms with Crippen LogP contribution in [0.3, 0.4) is 0 Å². The molecule has 4 fully saturated rings. The van der Waals surface area contributed by atoms with E-state index in [9.17, 15) is 0 Å². The van der Waals surface area contributed by atoms with Crippen LogP contribution in [-0.2, 0) is 23.7 Å². The molecule has 2 aliphatic carbocycles. The monoisotopic (exact) mass is 460 g/mol. The van der Waals surface area contributed by atoms with Crippen LogP contribution in [0.2, 0.25) is 0 Å². The van der Waals surface area contributed by atoms with Gasteiger partial charge < -0.3 is 23.7 Å². The molecule has 3 heterocycles. The molecule has 8 atom stereocenters. The maximum Gasteiger partial charge on any atom is 0.158 e. The first-order valence-electron chi connectivity index (χ1n) is 13.8. The number of fused-ring (bicyclic) bond motifs is 1. The molecule has 0 amide bonds. The lowest BCUT2D eigenvalue weighted by Crippen LogP contribution is -2.31. The molecular weight excluding hydrogens is 416 g/mol. The van der Waals surface area contributed by atoms with Crippen LogP contribution in [0.25, 0.3) is 0 Å². The number of hydrogen-bond donors (Lipinski definition) is 0. The first-order chi connectivity index (χ1) is 16.3. The Kier molecular flexibility index (Phi) is 8.59. The Labute approximate surface area is 200 Å². The summed E-state index contributed by atoms with van der Waals surface area (Å²) in [6.07, 6.45) is 21.8. The van der Waals surface area contributed by atoms with Gasteiger partial charge in [-0.1, -0.05) is 44.4 Å². The molecule has 3 aliphatic heterocycles. The van der Waals surface area contributed by atoms with Gasteiger partial charge in [0.15, 0.2) is 12.6 Å². The molecule has 186 valence electrons. The van der Waals surface area contributed by atoms with E-state index in [4.69, 9.17) is 23.7 Å². The van der Waals surface area contributed by atoms with E-state index in [-0.39, 0.29) is 24.8 Å². The summed E-state index contributed by atoms with van der Waals surface area (Å²) in [5.41, 5.74) is 1.53. The van der Waals surface area contributed by atoms with Crippen LogP contribution in [0.1, 0.15) is 84.0 Å². The first-order valence-corrected chi connectivity index (χ1v) is 13.8. The number of allylic oxidation sites excluding steroid dienone is 1. The Morgan fingerprint density at radius 2 is 1.82 bits per heavy atom. The molecule has 1 saturated carbocycles. The van der Waals surface area contributed by atoms with Gasteiger partial charge in [-0.3, -0.25) is 0 Å². The Morgan fingerprint density at radius 3 is 2.52 bits per heavy atom. The van der Waals surface area contributed by atoms with Crippen molar-refractivity contribution in [2.24, 2.45) is 17.8 Å². The fraction of sp³-hybridized carbons (Fsp3) is 0.857. The maximum absolute atomic E-state index is 6.59. The van der Waals surface area contributed by atoms with Crippen molar-refractivity contribution in [3.8, 4) is 0 Å². The van der Waals surface area contributed by atoms with Crippen LogP contribution < -0.4 is 0 Å². The maximum atomic E-state index is 6.59. The fourth-order valence-corrected chi connectivity index (χ4v) is 6.25. The Bertz CT molecular complexity index is 659. The number of hydrogen-bond acceptors (Lipinski definition) is 5. The van der Waals surface area contributed by atoms with Crippen molar-refractivity contribution in [1.82, 2.24) is 0 Å². The molecule has 5 aliphatic rings. The molecule has 0 spiro atoms. The van der Waals surface area contributed by atoms with E-state index in [0.717, 1.165) is 64.8 Å². The van der Waals surface area contributed by atoms with Gasteiger partial charge >= 0.3 is 0 Å². The van der Waals surface area contributed by atoms with Crippen molar-refractivity contribution >= 4 is 0 Å². The molecule has 0 aromatic carbocycles. The molecule has 5 nitrogen and oxygen atoms in total. The zero-order valence-corrected chi connectivity index (χ0v) is 20.5. The first kappa shape index (κ1) is 24.0. The van der Waals surface area contributed by atoms with E-state index in [1.54, 1.807) is 0 Å². The highest BCUT2D eigenvalue weighted by molar-refractivity contribution is 5.26. The van der Waals surface area contributed by atoms with Crippen LogP contribution in [0.5, 0.6) is 0 Å². The van der Waals surface area contributed by atoms with Crippen LogP contribution in [0.4, 0.5) is 0 Å². The average Bonchev–Trinajstić information content (AvgIpc) is 3.54. The summed E-state index contributed by atoms with van der Waals surface area (Å²) in [7, 11) is 0. The SMILES string of the molecule is CCCCC[C@@H](/C=C/[C@@H]1[C@H]2CC(C3CO3)=C[C@H]2C[C@H]1OC1CCCCO1)OC1CCCCO1. The lowest BCUT2D eigenvalue weighted by molar-refractivity contribution is -0.193. The van der Waals surface area contributed by atoms with Gasteiger partial charge in [-0.05, 0) is 75.2 Å². The predicted octanol–water partition coefficient (Wildman–Crippen LogP) is 5.93.